The van der Waals surface area contributed by atoms with E-state index < -0.39 is 5.91 Å². The number of hydrogen-bond donors (Lipinski definition) is 1. The summed E-state index contributed by atoms with van der Waals surface area (Å²) in [6.45, 7) is 0. The molecule has 5 rings (SSSR count). The second-order valence-electron chi connectivity index (χ2n) is 7.55. The molecule has 1 amide bonds. The van der Waals surface area contributed by atoms with Crippen molar-refractivity contribution in [3.05, 3.63) is 82.5 Å². The molecule has 0 saturated heterocycles. The number of hydrogen-bond acceptors (Lipinski definition) is 6. The van der Waals surface area contributed by atoms with Crippen LogP contribution < -0.4 is 14.8 Å². The summed E-state index contributed by atoms with van der Waals surface area (Å²) in [7, 11) is 3.14. The molecule has 7 nitrogen and oxygen atoms in total. The Bertz CT molecular complexity index is 1540. The van der Waals surface area contributed by atoms with Gasteiger partial charge in [-0.3, -0.25) is 4.79 Å². The highest BCUT2D eigenvalue weighted by Gasteiger charge is 2.16. The van der Waals surface area contributed by atoms with Gasteiger partial charge < -0.3 is 23.6 Å². The Labute approximate surface area is 210 Å². The van der Waals surface area contributed by atoms with Gasteiger partial charge in [0.25, 0.3) is 5.91 Å². The Morgan fingerprint density at radius 2 is 1.60 bits per heavy atom. The third kappa shape index (κ3) is 4.69. The number of ether oxygens (including phenoxy) is 2. The van der Waals surface area contributed by atoms with Crippen molar-refractivity contribution in [3.63, 3.8) is 0 Å². The van der Waals surface area contributed by atoms with Gasteiger partial charge in [0.1, 0.15) is 11.3 Å². The van der Waals surface area contributed by atoms with E-state index in [4.69, 9.17) is 41.5 Å². The first-order valence-electron chi connectivity index (χ1n) is 10.4. The standard InChI is InChI=1S/C26H18Cl2N2O5/c1-32-22-5-3-14(11-24(22)33-2)26-30-19-13-18(4-6-21(19)35-26)29-25(31)23-8-7-20(34-23)15-9-16(27)12-17(28)10-15/h3-13H,1-2H3,(H,29,31). The average molecular weight is 509 g/mol. The Balaban J connectivity index is 1.37. The smallest absolute Gasteiger partial charge is 0.291 e. The van der Waals surface area contributed by atoms with E-state index in [9.17, 15) is 4.79 Å². The van der Waals surface area contributed by atoms with Crippen molar-refractivity contribution in [2.24, 2.45) is 0 Å². The lowest BCUT2D eigenvalue weighted by molar-refractivity contribution is 0.0997. The fourth-order valence-corrected chi connectivity index (χ4v) is 4.13. The average Bonchev–Trinajstić information content (AvgIpc) is 3.50. The van der Waals surface area contributed by atoms with Crippen molar-refractivity contribution in [1.29, 1.82) is 0 Å². The summed E-state index contributed by atoms with van der Waals surface area (Å²) in [4.78, 5) is 17.3. The van der Waals surface area contributed by atoms with Crippen LogP contribution in [0.25, 0.3) is 33.9 Å². The number of oxazole rings is 1. The van der Waals surface area contributed by atoms with Crippen LogP contribution in [0, 0.1) is 0 Å². The molecule has 0 aliphatic carbocycles. The molecule has 5 aromatic rings. The van der Waals surface area contributed by atoms with E-state index in [1.165, 1.54) is 0 Å². The van der Waals surface area contributed by atoms with Gasteiger partial charge in [0.15, 0.2) is 22.8 Å². The van der Waals surface area contributed by atoms with Crippen LogP contribution in [0.2, 0.25) is 10.0 Å². The summed E-state index contributed by atoms with van der Waals surface area (Å²) >= 11 is 12.1. The number of methoxy groups -OCH3 is 2. The van der Waals surface area contributed by atoms with Gasteiger partial charge in [-0.15, -0.1) is 0 Å². The molecule has 2 heterocycles. The number of aromatic nitrogens is 1. The lowest BCUT2D eigenvalue weighted by Crippen LogP contribution is -2.10. The number of nitrogens with zero attached hydrogens (tertiary/aromatic N) is 1. The summed E-state index contributed by atoms with van der Waals surface area (Å²) < 4.78 is 22.2. The van der Waals surface area contributed by atoms with Gasteiger partial charge in [-0.25, -0.2) is 4.98 Å². The minimum absolute atomic E-state index is 0.141. The van der Waals surface area contributed by atoms with Crippen LogP contribution in [0.15, 0.2) is 75.6 Å². The first-order chi connectivity index (χ1) is 16.9. The van der Waals surface area contributed by atoms with Gasteiger partial charge in [-0.05, 0) is 66.7 Å². The number of carbonyl (C=O) groups excluding carboxylic acids is 1. The van der Waals surface area contributed by atoms with E-state index in [2.05, 4.69) is 10.3 Å². The number of benzene rings is 3. The molecule has 3 aromatic carbocycles. The Kier molecular flexibility index (Phi) is 6.11. The molecule has 9 heteroatoms. The lowest BCUT2D eigenvalue weighted by Gasteiger charge is -2.07. The van der Waals surface area contributed by atoms with Crippen molar-refractivity contribution in [2.75, 3.05) is 19.5 Å². The fourth-order valence-electron chi connectivity index (χ4n) is 3.60. The number of carbonyl (C=O) groups is 1. The molecule has 2 aromatic heterocycles. The van der Waals surface area contributed by atoms with Crippen LogP contribution in [0.3, 0.4) is 0 Å². The molecule has 0 saturated carbocycles. The predicted octanol–water partition coefficient (Wildman–Crippen LogP) is 7.33. The molecule has 0 radical (unpaired) electrons. The molecular formula is C26H18Cl2N2O5. The highest BCUT2D eigenvalue weighted by atomic mass is 35.5. The molecule has 0 atom stereocenters. The number of nitrogens with one attached hydrogen (secondary N) is 1. The highest BCUT2D eigenvalue weighted by molar-refractivity contribution is 6.35. The zero-order chi connectivity index (χ0) is 24.5. The minimum atomic E-state index is -0.410. The van der Waals surface area contributed by atoms with Gasteiger partial charge >= 0.3 is 0 Å². The monoisotopic (exact) mass is 508 g/mol. The summed E-state index contributed by atoms with van der Waals surface area (Å²) in [6.07, 6.45) is 0. The summed E-state index contributed by atoms with van der Waals surface area (Å²) in [5.41, 5.74) is 3.10. The fraction of sp³-hybridized carbons (Fsp3) is 0.0769. The van der Waals surface area contributed by atoms with Crippen LogP contribution in [0.4, 0.5) is 5.69 Å². The second kappa shape index (κ2) is 9.37. The van der Waals surface area contributed by atoms with Crippen molar-refractivity contribution in [3.8, 4) is 34.3 Å². The summed E-state index contributed by atoms with van der Waals surface area (Å²) in [6, 6.07) is 18.9. The first-order valence-corrected chi connectivity index (χ1v) is 11.2. The molecule has 0 fully saturated rings. The zero-order valence-electron chi connectivity index (χ0n) is 18.6. The molecule has 0 bridgehead atoms. The van der Waals surface area contributed by atoms with E-state index in [0.29, 0.717) is 55.5 Å². The van der Waals surface area contributed by atoms with E-state index in [-0.39, 0.29) is 5.76 Å². The molecule has 176 valence electrons. The van der Waals surface area contributed by atoms with Crippen LogP contribution in [-0.2, 0) is 0 Å². The zero-order valence-corrected chi connectivity index (χ0v) is 20.1. The van der Waals surface area contributed by atoms with Crippen molar-refractivity contribution in [1.82, 2.24) is 4.98 Å². The van der Waals surface area contributed by atoms with Gasteiger partial charge in [0, 0.05) is 26.9 Å². The van der Waals surface area contributed by atoms with Gasteiger partial charge in [-0.2, -0.15) is 0 Å². The Morgan fingerprint density at radius 3 is 2.34 bits per heavy atom. The number of fused-ring (bicyclic) bond motifs is 1. The molecule has 35 heavy (non-hydrogen) atoms. The molecule has 0 aliphatic rings. The summed E-state index contributed by atoms with van der Waals surface area (Å²) in [5, 5.41) is 3.77. The normalized spacial score (nSPS) is 11.0. The highest BCUT2D eigenvalue weighted by Crippen LogP contribution is 2.34. The number of furan rings is 1. The quantitative estimate of drug-likeness (QED) is 0.258. The predicted molar refractivity (Wildman–Crippen MR) is 135 cm³/mol. The van der Waals surface area contributed by atoms with Crippen LogP contribution in [-0.4, -0.2) is 25.1 Å². The van der Waals surface area contributed by atoms with Crippen molar-refractivity contribution in [2.45, 2.75) is 0 Å². The number of anilines is 1. The first kappa shape index (κ1) is 22.8. The van der Waals surface area contributed by atoms with E-state index >= 15 is 0 Å². The van der Waals surface area contributed by atoms with Gasteiger partial charge in [-0.1, -0.05) is 23.2 Å². The third-order valence-corrected chi connectivity index (χ3v) is 5.69. The number of amides is 1. The molecule has 1 N–H and O–H groups in total. The van der Waals surface area contributed by atoms with E-state index in [0.717, 1.165) is 5.56 Å². The van der Waals surface area contributed by atoms with Crippen molar-refractivity contribution >= 4 is 45.9 Å². The largest absolute Gasteiger partial charge is 0.493 e. The molecule has 0 spiro atoms. The lowest BCUT2D eigenvalue weighted by atomic mass is 10.2. The molecule has 0 unspecified atom stereocenters. The van der Waals surface area contributed by atoms with Crippen LogP contribution in [0.1, 0.15) is 10.6 Å². The van der Waals surface area contributed by atoms with Crippen molar-refractivity contribution < 1.29 is 23.1 Å². The maximum atomic E-state index is 12.8. The second-order valence-corrected chi connectivity index (χ2v) is 8.42. The molecular weight excluding hydrogens is 491 g/mol. The third-order valence-electron chi connectivity index (χ3n) is 5.25. The van der Waals surface area contributed by atoms with E-state index in [1.54, 1.807) is 74.9 Å². The van der Waals surface area contributed by atoms with Crippen LogP contribution in [0.5, 0.6) is 11.5 Å². The number of rotatable bonds is 6. The molecule has 0 aliphatic heterocycles. The Hall–Kier alpha value is -3.94. The topological polar surface area (TPSA) is 86.7 Å². The number of halogens is 2. The Morgan fingerprint density at radius 1 is 0.829 bits per heavy atom. The SMILES string of the molecule is COc1ccc(-c2nc3cc(NC(=O)c4ccc(-c5cc(Cl)cc(Cl)c5)o4)ccc3o2)cc1OC. The van der Waals surface area contributed by atoms with E-state index in [1.807, 2.05) is 6.07 Å². The summed E-state index contributed by atoms with van der Waals surface area (Å²) in [5.74, 6) is 1.80. The maximum absolute atomic E-state index is 12.8. The van der Waals surface area contributed by atoms with Gasteiger partial charge in [0.2, 0.25) is 5.89 Å². The van der Waals surface area contributed by atoms with Gasteiger partial charge in [0.05, 0.1) is 14.2 Å². The minimum Gasteiger partial charge on any atom is -0.493 e. The maximum Gasteiger partial charge on any atom is 0.291 e. The van der Waals surface area contributed by atoms with Crippen LogP contribution >= 0.6 is 23.2 Å².